The zero-order valence-corrected chi connectivity index (χ0v) is 19.1. The van der Waals surface area contributed by atoms with Crippen molar-refractivity contribution in [3.05, 3.63) is 62.5 Å². The van der Waals surface area contributed by atoms with E-state index in [0.29, 0.717) is 28.1 Å². The zero-order chi connectivity index (χ0) is 22.1. The molecule has 164 valence electrons. The number of aryl methyl sites for hydroxylation is 1. The molecule has 0 aliphatic carbocycles. The lowest BCUT2D eigenvalue weighted by atomic mass is 10.1. The summed E-state index contributed by atoms with van der Waals surface area (Å²) < 4.78 is 7.38. The predicted molar refractivity (Wildman–Crippen MR) is 124 cm³/mol. The molecule has 1 aliphatic heterocycles. The number of oxazole rings is 1. The lowest BCUT2D eigenvalue weighted by molar-refractivity contribution is 0.572. The zero-order valence-electron chi connectivity index (χ0n) is 17.5. The number of hydrogen-bond acceptors (Lipinski definition) is 8. The van der Waals surface area contributed by atoms with Crippen LogP contribution in [0.1, 0.15) is 30.0 Å². The van der Waals surface area contributed by atoms with Crippen LogP contribution in [0.25, 0.3) is 22.9 Å². The van der Waals surface area contributed by atoms with Gasteiger partial charge in [0, 0.05) is 29.7 Å². The number of rotatable bonds is 5. The van der Waals surface area contributed by atoms with Gasteiger partial charge in [0.05, 0.1) is 12.2 Å². The van der Waals surface area contributed by atoms with E-state index < -0.39 is 0 Å². The van der Waals surface area contributed by atoms with E-state index in [9.17, 15) is 4.79 Å². The molecule has 1 aromatic carbocycles. The van der Waals surface area contributed by atoms with Gasteiger partial charge in [-0.2, -0.15) is 5.10 Å². The van der Waals surface area contributed by atoms with Crippen molar-refractivity contribution in [3.8, 4) is 22.9 Å². The van der Waals surface area contributed by atoms with Crippen molar-refractivity contribution in [3.63, 3.8) is 0 Å². The number of nitrogens with zero attached hydrogens (tertiary/aromatic N) is 6. The van der Waals surface area contributed by atoms with E-state index in [1.54, 1.807) is 18.2 Å². The maximum Gasteiger partial charge on any atom is 0.267 e. The summed E-state index contributed by atoms with van der Waals surface area (Å²) >= 11 is 7.60. The maximum atomic E-state index is 12.5. The van der Waals surface area contributed by atoms with Crippen LogP contribution < -0.4 is 10.5 Å². The van der Waals surface area contributed by atoms with Crippen molar-refractivity contribution >= 4 is 28.1 Å². The molecule has 5 rings (SSSR count). The molecule has 1 aliphatic rings. The third kappa shape index (κ3) is 4.31. The van der Waals surface area contributed by atoms with Gasteiger partial charge >= 0.3 is 0 Å². The van der Waals surface area contributed by atoms with Crippen LogP contribution in [-0.2, 0) is 6.54 Å². The van der Waals surface area contributed by atoms with Crippen LogP contribution in [0.5, 0.6) is 0 Å². The molecule has 3 aromatic heterocycles. The van der Waals surface area contributed by atoms with E-state index in [1.807, 2.05) is 19.1 Å². The fraction of sp³-hybridized carbons (Fsp3) is 0.318. The average molecular weight is 469 g/mol. The van der Waals surface area contributed by atoms with Gasteiger partial charge in [0.15, 0.2) is 5.76 Å². The molecule has 0 N–H and O–H groups in total. The van der Waals surface area contributed by atoms with E-state index in [1.165, 1.54) is 41.3 Å². The van der Waals surface area contributed by atoms with Crippen LogP contribution in [-0.4, -0.2) is 38.1 Å². The first-order valence-electron chi connectivity index (χ1n) is 10.5. The molecule has 0 bridgehead atoms. The number of anilines is 1. The van der Waals surface area contributed by atoms with Crippen LogP contribution in [0.4, 0.5) is 5.13 Å². The van der Waals surface area contributed by atoms with Crippen molar-refractivity contribution in [2.24, 2.45) is 0 Å². The molecule has 1 fully saturated rings. The van der Waals surface area contributed by atoms with E-state index in [4.69, 9.17) is 16.0 Å². The summed E-state index contributed by atoms with van der Waals surface area (Å²) in [6, 6.07) is 10.4. The minimum atomic E-state index is -0.212. The third-order valence-corrected chi connectivity index (χ3v) is 6.54. The van der Waals surface area contributed by atoms with Crippen LogP contribution in [0.3, 0.4) is 0 Å². The first-order valence-corrected chi connectivity index (χ1v) is 11.7. The first-order chi connectivity index (χ1) is 15.6. The van der Waals surface area contributed by atoms with E-state index in [-0.39, 0.29) is 12.1 Å². The summed E-state index contributed by atoms with van der Waals surface area (Å²) in [4.78, 5) is 19.2. The first kappa shape index (κ1) is 20.8. The second-order valence-corrected chi connectivity index (χ2v) is 9.16. The molecule has 8 nitrogen and oxygen atoms in total. The maximum absolute atomic E-state index is 12.5. The van der Waals surface area contributed by atoms with Crippen LogP contribution in [0, 0.1) is 6.92 Å². The van der Waals surface area contributed by atoms with Crippen molar-refractivity contribution in [2.75, 3.05) is 18.0 Å². The standard InChI is InChI=1S/C22H21ClN6O2S/c1-14-20(31-21(24-14)15-6-5-7-16(23)12-15)17-8-9-19(30)29(27-17)13-18-25-26-22(32-18)28-10-3-2-4-11-28/h5-9,12H,2-4,10-11,13H2,1H3. The third-order valence-electron chi connectivity index (χ3n) is 5.34. The molecular formula is C22H21ClN6O2S. The molecule has 0 radical (unpaired) electrons. The van der Waals surface area contributed by atoms with Gasteiger partial charge in [-0.15, -0.1) is 10.2 Å². The van der Waals surface area contributed by atoms with Gasteiger partial charge in [-0.3, -0.25) is 4.79 Å². The Morgan fingerprint density at radius 3 is 2.78 bits per heavy atom. The van der Waals surface area contributed by atoms with Crippen molar-refractivity contribution < 1.29 is 4.42 Å². The fourth-order valence-electron chi connectivity index (χ4n) is 3.71. The molecule has 32 heavy (non-hydrogen) atoms. The Morgan fingerprint density at radius 2 is 1.97 bits per heavy atom. The van der Waals surface area contributed by atoms with E-state index in [2.05, 4.69) is 25.2 Å². The van der Waals surface area contributed by atoms with Gasteiger partial charge in [0.25, 0.3) is 5.56 Å². The summed E-state index contributed by atoms with van der Waals surface area (Å²) in [6.07, 6.45) is 3.60. The largest absolute Gasteiger partial charge is 0.434 e. The highest BCUT2D eigenvalue weighted by Crippen LogP contribution is 2.29. The predicted octanol–water partition coefficient (Wildman–Crippen LogP) is 4.42. The summed E-state index contributed by atoms with van der Waals surface area (Å²) in [6.45, 7) is 4.11. The number of halogens is 1. The number of aromatic nitrogens is 5. The highest BCUT2D eigenvalue weighted by Gasteiger charge is 2.18. The molecule has 4 heterocycles. The van der Waals surface area contributed by atoms with Gasteiger partial charge in [0.2, 0.25) is 11.0 Å². The van der Waals surface area contributed by atoms with Crippen molar-refractivity contribution in [2.45, 2.75) is 32.7 Å². The SMILES string of the molecule is Cc1nc(-c2cccc(Cl)c2)oc1-c1ccc(=O)n(Cc2nnc(N3CCCCC3)s2)n1. The molecule has 1 saturated heterocycles. The van der Waals surface area contributed by atoms with Gasteiger partial charge in [-0.1, -0.05) is 29.0 Å². The topological polar surface area (TPSA) is 89.9 Å². The van der Waals surface area contributed by atoms with Gasteiger partial charge in [-0.05, 0) is 50.5 Å². The van der Waals surface area contributed by atoms with Crippen LogP contribution in [0.15, 0.2) is 45.6 Å². The average Bonchev–Trinajstić information content (AvgIpc) is 3.43. The normalized spacial score (nSPS) is 14.1. The molecule has 0 unspecified atom stereocenters. The highest BCUT2D eigenvalue weighted by molar-refractivity contribution is 7.15. The van der Waals surface area contributed by atoms with E-state index in [0.717, 1.165) is 28.8 Å². The van der Waals surface area contributed by atoms with Crippen LogP contribution in [0.2, 0.25) is 5.02 Å². The van der Waals surface area contributed by atoms with Crippen molar-refractivity contribution in [1.82, 2.24) is 25.0 Å². The van der Waals surface area contributed by atoms with Crippen LogP contribution >= 0.6 is 22.9 Å². The molecule has 10 heteroatoms. The Morgan fingerprint density at radius 1 is 1.12 bits per heavy atom. The smallest absolute Gasteiger partial charge is 0.267 e. The molecule has 0 amide bonds. The molecule has 0 atom stereocenters. The summed E-state index contributed by atoms with van der Waals surface area (Å²) in [5.41, 5.74) is 1.78. The monoisotopic (exact) mass is 468 g/mol. The van der Waals surface area contributed by atoms with Gasteiger partial charge in [-0.25, -0.2) is 9.67 Å². The van der Waals surface area contributed by atoms with Crippen molar-refractivity contribution in [1.29, 1.82) is 0 Å². The molecular weight excluding hydrogens is 448 g/mol. The number of hydrogen-bond donors (Lipinski definition) is 0. The molecule has 0 saturated carbocycles. The van der Waals surface area contributed by atoms with Gasteiger partial charge in [0.1, 0.15) is 10.7 Å². The fourth-order valence-corrected chi connectivity index (χ4v) is 4.77. The quantitative estimate of drug-likeness (QED) is 0.428. The summed E-state index contributed by atoms with van der Waals surface area (Å²) in [7, 11) is 0. The lowest BCUT2D eigenvalue weighted by Crippen LogP contribution is -2.29. The number of piperidine rings is 1. The Kier molecular flexibility index (Phi) is 5.75. The second-order valence-electron chi connectivity index (χ2n) is 7.68. The number of benzene rings is 1. The van der Waals surface area contributed by atoms with E-state index >= 15 is 0 Å². The Balaban J connectivity index is 1.41. The minimum absolute atomic E-state index is 0.212. The Hall–Kier alpha value is -3.04. The van der Waals surface area contributed by atoms with Gasteiger partial charge < -0.3 is 9.32 Å². The Bertz CT molecular complexity index is 1310. The minimum Gasteiger partial charge on any atom is -0.434 e. The molecule has 0 spiro atoms. The summed E-state index contributed by atoms with van der Waals surface area (Å²) in [5.74, 6) is 0.967. The summed E-state index contributed by atoms with van der Waals surface area (Å²) in [5, 5.41) is 15.4. The second kappa shape index (κ2) is 8.84. The molecule has 4 aromatic rings. The Labute approximate surface area is 193 Å². The highest BCUT2D eigenvalue weighted by atomic mass is 35.5. The lowest BCUT2D eigenvalue weighted by Gasteiger charge is -2.25.